The Morgan fingerprint density at radius 2 is 2.25 bits per heavy atom. The second kappa shape index (κ2) is 3.01. The van der Waals surface area contributed by atoms with Gasteiger partial charge in [-0.15, -0.1) is 0 Å². The Hall–Kier alpha value is -1.25. The van der Waals surface area contributed by atoms with Gasteiger partial charge in [0, 0.05) is 13.3 Å². The van der Waals surface area contributed by atoms with E-state index < -0.39 is 0 Å². The van der Waals surface area contributed by atoms with Gasteiger partial charge < -0.3 is 5.32 Å². The molecule has 1 aliphatic rings. The summed E-state index contributed by atoms with van der Waals surface area (Å²) in [5.74, 6) is 0. The minimum atomic E-state index is -0.136. The Bertz CT molecular complexity index is 238. The average molecular weight is 165 g/mol. The molecule has 0 unspecified atom stereocenters. The number of nitrogens with zero attached hydrogens (tertiary/aromatic N) is 2. The summed E-state index contributed by atoms with van der Waals surface area (Å²) >= 11 is 0. The van der Waals surface area contributed by atoms with Gasteiger partial charge in [0.05, 0.1) is 11.2 Å². The molecule has 0 spiro atoms. The molecule has 0 bridgehead atoms. The number of hydrazone groups is 1. The van der Waals surface area contributed by atoms with Crippen molar-refractivity contribution in [2.24, 2.45) is 5.10 Å². The van der Waals surface area contributed by atoms with Crippen LogP contribution < -0.4 is 5.32 Å². The minimum Gasteiger partial charge on any atom is -0.380 e. The molecule has 1 aliphatic heterocycles. The van der Waals surface area contributed by atoms with Crippen LogP contribution in [0.4, 0.5) is 0 Å². The third-order valence-electron chi connectivity index (χ3n) is 1.98. The van der Waals surface area contributed by atoms with Crippen LogP contribution in [0.5, 0.6) is 0 Å². The SMILES string of the molecule is C=C1N(C)/N=C\C=C/NC1(C)C. The van der Waals surface area contributed by atoms with Crippen molar-refractivity contribution in [1.82, 2.24) is 10.3 Å². The van der Waals surface area contributed by atoms with E-state index in [9.17, 15) is 0 Å². The number of nitrogens with one attached hydrogen (secondary N) is 1. The van der Waals surface area contributed by atoms with Crippen molar-refractivity contribution in [3.05, 3.63) is 24.6 Å². The summed E-state index contributed by atoms with van der Waals surface area (Å²) in [6.45, 7) is 8.10. The monoisotopic (exact) mass is 165 g/mol. The molecule has 3 nitrogen and oxygen atoms in total. The zero-order valence-corrected chi connectivity index (χ0v) is 7.83. The number of likely N-dealkylation sites (N-methyl/N-ethyl adjacent to an activating group) is 1. The molecule has 0 amide bonds. The van der Waals surface area contributed by atoms with Gasteiger partial charge in [-0.05, 0) is 26.1 Å². The maximum absolute atomic E-state index is 4.14. The minimum absolute atomic E-state index is 0.136. The quantitative estimate of drug-likeness (QED) is 0.586. The molecule has 66 valence electrons. The summed E-state index contributed by atoms with van der Waals surface area (Å²) in [5, 5.41) is 9.14. The van der Waals surface area contributed by atoms with Crippen LogP contribution in [0.25, 0.3) is 0 Å². The molecule has 0 aliphatic carbocycles. The van der Waals surface area contributed by atoms with Crippen molar-refractivity contribution in [1.29, 1.82) is 0 Å². The Kier molecular flexibility index (Phi) is 2.22. The average Bonchev–Trinajstić information content (AvgIpc) is 2.00. The van der Waals surface area contributed by atoms with Crippen LogP contribution in [0.1, 0.15) is 13.8 Å². The van der Waals surface area contributed by atoms with Crippen LogP contribution in [0.3, 0.4) is 0 Å². The van der Waals surface area contributed by atoms with E-state index >= 15 is 0 Å². The van der Waals surface area contributed by atoms with E-state index in [-0.39, 0.29) is 5.54 Å². The molecule has 1 heterocycles. The van der Waals surface area contributed by atoms with Crippen LogP contribution in [-0.4, -0.2) is 23.8 Å². The summed E-state index contributed by atoms with van der Waals surface area (Å²) in [7, 11) is 1.89. The highest BCUT2D eigenvalue weighted by Gasteiger charge is 2.23. The zero-order valence-electron chi connectivity index (χ0n) is 7.83. The van der Waals surface area contributed by atoms with Crippen LogP contribution in [-0.2, 0) is 0 Å². The largest absolute Gasteiger partial charge is 0.380 e. The van der Waals surface area contributed by atoms with E-state index in [0.29, 0.717) is 0 Å². The lowest BCUT2D eigenvalue weighted by molar-refractivity contribution is 0.343. The van der Waals surface area contributed by atoms with Crippen molar-refractivity contribution < 1.29 is 0 Å². The fourth-order valence-electron chi connectivity index (χ4n) is 0.995. The summed E-state index contributed by atoms with van der Waals surface area (Å²) < 4.78 is 0. The maximum Gasteiger partial charge on any atom is 0.0724 e. The molecular weight excluding hydrogens is 150 g/mol. The van der Waals surface area contributed by atoms with Gasteiger partial charge in [-0.25, -0.2) is 0 Å². The van der Waals surface area contributed by atoms with Gasteiger partial charge in [-0.1, -0.05) is 6.58 Å². The smallest absolute Gasteiger partial charge is 0.0724 e. The second-order valence-corrected chi connectivity index (χ2v) is 3.36. The summed E-state index contributed by atoms with van der Waals surface area (Å²) in [4.78, 5) is 0. The van der Waals surface area contributed by atoms with Crippen LogP contribution in [0.2, 0.25) is 0 Å². The van der Waals surface area contributed by atoms with Gasteiger partial charge in [0.2, 0.25) is 0 Å². The van der Waals surface area contributed by atoms with E-state index in [1.807, 2.05) is 19.3 Å². The molecule has 3 heteroatoms. The molecule has 1 rings (SSSR count). The third kappa shape index (κ3) is 1.67. The Morgan fingerprint density at radius 3 is 2.92 bits per heavy atom. The van der Waals surface area contributed by atoms with Gasteiger partial charge in [0.15, 0.2) is 0 Å². The fourth-order valence-corrected chi connectivity index (χ4v) is 0.995. The highest BCUT2D eigenvalue weighted by molar-refractivity contribution is 5.70. The van der Waals surface area contributed by atoms with Crippen molar-refractivity contribution >= 4 is 6.21 Å². The predicted molar refractivity (Wildman–Crippen MR) is 51.7 cm³/mol. The lowest BCUT2D eigenvalue weighted by atomic mass is 10.0. The molecule has 0 radical (unpaired) electrons. The first-order valence-corrected chi connectivity index (χ1v) is 3.94. The number of hydrogen-bond donors (Lipinski definition) is 1. The lowest BCUT2D eigenvalue weighted by Crippen LogP contribution is -2.42. The van der Waals surface area contributed by atoms with E-state index in [4.69, 9.17) is 0 Å². The van der Waals surface area contributed by atoms with Crippen LogP contribution in [0.15, 0.2) is 29.7 Å². The molecule has 0 aromatic heterocycles. The first kappa shape index (κ1) is 8.84. The first-order valence-electron chi connectivity index (χ1n) is 3.94. The van der Waals surface area contributed by atoms with E-state index in [1.54, 1.807) is 11.2 Å². The lowest BCUT2D eigenvalue weighted by Gasteiger charge is -2.32. The van der Waals surface area contributed by atoms with Crippen LogP contribution >= 0.6 is 0 Å². The van der Waals surface area contributed by atoms with E-state index in [2.05, 4.69) is 30.8 Å². The molecular formula is C9H15N3. The topological polar surface area (TPSA) is 27.6 Å². The van der Waals surface area contributed by atoms with E-state index in [0.717, 1.165) is 5.70 Å². The molecule has 0 saturated carbocycles. The fraction of sp³-hybridized carbons (Fsp3) is 0.444. The summed E-state index contributed by atoms with van der Waals surface area (Å²) in [6.07, 6.45) is 5.47. The van der Waals surface area contributed by atoms with Crippen molar-refractivity contribution in [2.45, 2.75) is 19.4 Å². The highest BCUT2D eigenvalue weighted by atomic mass is 15.4. The zero-order chi connectivity index (χ0) is 9.19. The first-order chi connectivity index (χ1) is 5.54. The highest BCUT2D eigenvalue weighted by Crippen LogP contribution is 2.17. The van der Waals surface area contributed by atoms with Crippen molar-refractivity contribution in [3.8, 4) is 0 Å². The maximum atomic E-state index is 4.14. The van der Waals surface area contributed by atoms with Gasteiger partial charge in [-0.2, -0.15) is 5.10 Å². The molecule has 0 aromatic rings. The molecule has 0 fully saturated rings. The van der Waals surface area contributed by atoms with Gasteiger partial charge in [0.25, 0.3) is 0 Å². The van der Waals surface area contributed by atoms with Gasteiger partial charge in [-0.3, -0.25) is 5.01 Å². The standard InChI is InChI=1S/C9H15N3/c1-8-9(2,3)10-6-5-7-11-12(8)4/h5-7,10H,1H2,2-4H3/b6-5-,11-7-. The Balaban J connectivity index is 2.90. The Labute approximate surface area is 73.4 Å². The normalized spacial score (nSPS) is 26.9. The molecule has 0 aromatic carbocycles. The van der Waals surface area contributed by atoms with Crippen molar-refractivity contribution in [3.63, 3.8) is 0 Å². The van der Waals surface area contributed by atoms with Crippen LogP contribution in [0, 0.1) is 0 Å². The number of hydrogen-bond acceptors (Lipinski definition) is 3. The third-order valence-corrected chi connectivity index (χ3v) is 1.98. The summed E-state index contributed by atoms with van der Waals surface area (Å²) in [5.41, 5.74) is 0.811. The molecule has 0 saturated heterocycles. The number of rotatable bonds is 0. The van der Waals surface area contributed by atoms with Crippen molar-refractivity contribution in [2.75, 3.05) is 7.05 Å². The van der Waals surface area contributed by atoms with Gasteiger partial charge in [0.1, 0.15) is 0 Å². The molecule has 1 N–H and O–H groups in total. The molecule has 0 atom stereocenters. The molecule has 12 heavy (non-hydrogen) atoms. The number of allylic oxidation sites excluding steroid dienone is 1. The second-order valence-electron chi connectivity index (χ2n) is 3.36. The Morgan fingerprint density at radius 1 is 1.58 bits per heavy atom. The summed E-state index contributed by atoms with van der Waals surface area (Å²) in [6, 6.07) is 0. The van der Waals surface area contributed by atoms with Gasteiger partial charge >= 0.3 is 0 Å². The van der Waals surface area contributed by atoms with E-state index in [1.165, 1.54) is 0 Å². The predicted octanol–water partition coefficient (Wildman–Crippen LogP) is 1.31.